The third kappa shape index (κ3) is 1.13. The molecule has 2 N–H and O–H groups in total. The van der Waals surface area contributed by atoms with Gasteiger partial charge in [-0.15, -0.1) is 11.3 Å². The molecule has 3 nitrogen and oxygen atoms in total. The average Bonchev–Trinajstić information content (AvgIpc) is 2.30. The first-order valence-corrected chi connectivity index (χ1v) is 4.55. The molecule has 0 aromatic carbocycles. The van der Waals surface area contributed by atoms with E-state index in [9.17, 15) is 0 Å². The largest absolute Gasteiger partial charge is 0.382 e. The molecule has 2 rings (SSSR count). The molecule has 0 saturated carbocycles. The van der Waals surface area contributed by atoms with Crippen LogP contribution in [0.1, 0.15) is 5.69 Å². The zero-order valence-electron chi connectivity index (χ0n) is 6.34. The second kappa shape index (κ2) is 2.57. The highest BCUT2D eigenvalue weighted by Gasteiger charge is 2.04. The molecule has 0 unspecified atom stereocenters. The SMILES string of the molecule is Cc1nc2cc(Cl)sc2nc1N. The fourth-order valence-corrected chi connectivity index (χ4v) is 1.96. The van der Waals surface area contributed by atoms with Crippen molar-refractivity contribution in [2.24, 2.45) is 0 Å². The summed E-state index contributed by atoms with van der Waals surface area (Å²) in [6.45, 7) is 1.83. The minimum atomic E-state index is 0.473. The van der Waals surface area contributed by atoms with Gasteiger partial charge in [0.2, 0.25) is 0 Å². The first kappa shape index (κ1) is 7.76. The molecule has 0 atom stereocenters. The number of hydrogen-bond acceptors (Lipinski definition) is 4. The molecule has 0 amide bonds. The number of thiophene rings is 1. The molecule has 2 heterocycles. The van der Waals surface area contributed by atoms with Crippen LogP contribution in [0.4, 0.5) is 5.82 Å². The standard InChI is InChI=1S/C7H6ClN3S/c1-3-6(9)11-7-4(10-3)2-5(8)12-7/h2H,1H3,(H2,9,11). The normalized spacial score (nSPS) is 10.8. The zero-order chi connectivity index (χ0) is 8.72. The van der Waals surface area contributed by atoms with E-state index in [1.54, 1.807) is 6.07 Å². The molecule has 0 aliphatic carbocycles. The Balaban J connectivity index is 2.83. The average molecular weight is 200 g/mol. The highest BCUT2D eigenvalue weighted by Crippen LogP contribution is 2.27. The second-order valence-corrected chi connectivity index (χ2v) is 4.10. The van der Waals surface area contributed by atoms with Crippen molar-refractivity contribution >= 4 is 39.1 Å². The number of hydrogen-bond donors (Lipinski definition) is 1. The number of nitrogen functional groups attached to an aromatic ring is 1. The maximum absolute atomic E-state index is 5.79. The van der Waals surface area contributed by atoms with Crippen LogP contribution >= 0.6 is 22.9 Å². The lowest BCUT2D eigenvalue weighted by atomic mass is 10.4. The van der Waals surface area contributed by atoms with E-state index in [-0.39, 0.29) is 0 Å². The number of aromatic nitrogens is 2. The van der Waals surface area contributed by atoms with Crippen molar-refractivity contribution in [3.63, 3.8) is 0 Å². The van der Waals surface area contributed by atoms with Crippen LogP contribution in [0.15, 0.2) is 6.07 Å². The Hall–Kier alpha value is -0.870. The van der Waals surface area contributed by atoms with E-state index < -0.39 is 0 Å². The molecule has 62 valence electrons. The van der Waals surface area contributed by atoms with Crippen molar-refractivity contribution in [3.8, 4) is 0 Å². The van der Waals surface area contributed by atoms with E-state index >= 15 is 0 Å². The fraction of sp³-hybridized carbons (Fsp3) is 0.143. The van der Waals surface area contributed by atoms with Gasteiger partial charge in [-0.05, 0) is 13.0 Å². The van der Waals surface area contributed by atoms with Crippen molar-refractivity contribution < 1.29 is 0 Å². The number of aryl methyl sites for hydroxylation is 1. The van der Waals surface area contributed by atoms with Gasteiger partial charge in [0.15, 0.2) is 0 Å². The lowest BCUT2D eigenvalue weighted by molar-refractivity contribution is 1.21. The van der Waals surface area contributed by atoms with Crippen molar-refractivity contribution in [2.45, 2.75) is 6.92 Å². The number of halogens is 1. The summed E-state index contributed by atoms with van der Waals surface area (Å²) in [4.78, 5) is 9.17. The van der Waals surface area contributed by atoms with Crippen molar-refractivity contribution in [1.82, 2.24) is 9.97 Å². The van der Waals surface area contributed by atoms with Gasteiger partial charge in [-0.3, -0.25) is 0 Å². The van der Waals surface area contributed by atoms with Crippen molar-refractivity contribution in [1.29, 1.82) is 0 Å². The van der Waals surface area contributed by atoms with E-state index in [0.717, 1.165) is 16.0 Å². The molecule has 0 aliphatic rings. The number of fused-ring (bicyclic) bond motifs is 1. The molecule has 12 heavy (non-hydrogen) atoms. The van der Waals surface area contributed by atoms with Gasteiger partial charge in [0.05, 0.1) is 10.0 Å². The molecule has 2 aromatic rings. The fourth-order valence-electron chi connectivity index (χ4n) is 0.932. The Morgan fingerprint density at radius 3 is 3.00 bits per heavy atom. The second-order valence-electron chi connectivity index (χ2n) is 2.44. The summed E-state index contributed by atoms with van der Waals surface area (Å²) >= 11 is 7.17. The molecule has 0 fully saturated rings. The molecule has 0 spiro atoms. The van der Waals surface area contributed by atoms with Crippen LogP contribution in [0.2, 0.25) is 4.34 Å². The topological polar surface area (TPSA) is 51.8 Å². The van der Waals surface area contributed by atoms with Crippen LogP contribution in [0, 0.1) is 6.92 Å². The third-order valence-electron chi connectivity index (χ3n) is 1.54. The van der Waals surface area contributed by atoms with Crippen LogP contribution in [0.3, 0.4) is 0 Å². The van der Waals surface area contributed by atoms with Crippen LogP contribution in [-0.2, 0) is 0 Å². The Morgan fingerprint density at radius 1 is 1.50 bits per heavy atom. The van der Waals surface area contributed by atoms with Gasteiger partial charge in [0.1, 0.15) is 16.2 Å². The summed E-state index contributed by atoms with van der Waals surface area (Å²) in [5.74, 6) is 0.473. The van der Waals surface area contributed by atoms with E-state index in [4.69, 9.17) is 17.3 Å². The molecule has 0 aliphatic heterocycles. The predicted octanol–water partition coefficient (Wildman–Crippen LogP) is 2.24. The minimum absolute atomic E-state index is 0.473. The van der Waals surface area contributed by atoms with Gasteiger partial charge < -0.3 is 5.73 Å². The zero-order valence-corrected chi connectivity index (χ0v) is 7.91. The number of rotatable bonds is 0. The molecule has 0 bridgehead atoms. The van der Waals surface area contributed by atoms with E-state index in [0.29, 0.717) is 10.2 Å². The van der Waals surface area contributed by atoms with Crippen LogP contribution in [0.5, 0.6) is 0 Å². The summed E-state index contributed by atoms with van der Waals surface area (Å²) in [6, 6.07) is 1.79. The Bertz CT molecular complexity index is 398. The van der Waals surface area contributed by atoms with E-state index in [1.807, 2.05) is 6.92 Å². The molecule has 0 radical (unpaired) electrons. The Kier molecular flexibility index (Phi) is 1.66. The molecular weight excluding hydrogens is 194 g/mol. The lowest BCUT2D eigenvalue weighted by Crippen LogP contribution is -1.95. The van der Waals surface area contributed by atoms with Gasteiger partial charge in [-0.25, -0.2) is 9.97 Å². The van der Waals surface area contributed by atoms with Crippen molar-refractivity contribution in [2.75, 3.05) is 5.73 Å². The lowest BCUT2D eigenvalue weighted by Gasteiger charge is -1.95. The van der Waals surface area contributed by atoms with Gasteiger partial charge in [-0.1, -0.05) is 11.6 Å². The molecular formula is C7H6ClN3S. The smallest absolute Gasteiger partial charge is 0.146 e. The minimum Gasteiger partial charge on any atom is -0.382 e. The maximum Gasteiger partial charge on any atom is 0.146 e. The molecule has 0 saturated heterocycles. The Morgan fingerprint density at radius 2 is 2.25 bits per heavy atom. The summed E-state index contributed by atoms with van der Waals surface area (Å²) in [5.41, 5.74) is 7.15. The number of anilines is 1. The van der Waals surface area contributed by atoms with Gasteiger partial charge in [-0.2, -0.15) is 0 Å². The summed E-state index contributed by atoms with van der Waals surface area (Å²) in [6.07, 6.45) is 0. The maximum atomic E-state index is 5.79. The first-order chi connectivity index (χ1) is 5.66. The van der Waals surface area contributed by atoms with E-state index in [2.05, 4.69) is 9.97 Å². The predicted molar refractivity (Wildman–Crippen MR) is 51.6 cm³/mol. The third-order valence-corrected chi connectivity index (χ3v) is 2.69. The Labute approximate surface area is 78.2 Å². The summed E-state index contributed by atoms with van der Waals surface area (Å²) in [5, 5.41) is 0. The summed E-state index contributed by atoms with van der Waals surface area (Å²) < 4.78 is 0.690. The van der Waals surface area contributed by atoms with Gasteiger partial charge in [0, 0.05) is 0 Å². The van der Waals surface area contributed by atoms with Gasteiger partial charge in [0.25, 0.3) is 0 Å². The number of nitrogens with zero attached hydrogens (tertiary/aromatic N) is 2. The quantitative estimate of drug-likeness (QED) is 0.708. The van der Waals surface area contributed by atoms with Gasteiger partial charge >= 0.3 is 0 Å². The van der Waals surface area contributed by atoms with Crippen molar-refractivity contribution in [3.05, 3.63) is 16.1 Å². The monoisotopic (exact) mass is 199 g/mol. The molecule has 2 aromatic heterocycles. The summed E-state index contributed by atoms with van der Waals surface area (Å²) in [7, 11) is 0. The highest BCUT2D eigenvalue weighted by atomic mass is 35.5. The highest BCUT2D eigenvalue weighted by molar-refractivity contribution is 7.22. The molecule has 5 heteroatoms. The van der Waals surface area contributed by atoms with E-state index in [1.165, 1.54) is 11.3 Å². The van der Waals surface area contributed by atoms with Crippen LogP contribution in [-0.4, -0.2) is 9.97 Å². The number of nitrogens with two attached hydrogens (primary N) is 1. The van der Waals surface area contributed by atoms with Crippen LogP contribution < -0.4 is 5.73 Å². The van der Waals surface area contributed by atoms with Crippen LogP contribution in [0.25, 0.3) is 10.3 Å². The first-order valence-electron chi connectivity index (χ1n) is 3.36.